The Bertz CT molecular complexity index is 773. The van der Waals surface area contributed by atoms with Crippen molar-refractivity contribution in [3.63, 3.8) is 0 Å². The molecule has 0 saturated heterocycles. The van der Waals surface area contributed by atoms with Gasteiger partial charge in [-0.15, -0.1) is 0 Å². The summed E-state index contributed by atoms with van der Waals surface area (Å²) in [6.45, 7) is 7.47. The second kappa shape index (κ2) is 7.81. The molecule has 2 heterocycles. The number of carbonyl (C=O) groups is 4. The molecular weight excluding hydrogens is 356 g/mol. The zero-order chi connectivity index (χ0) is 20.4. The molecule has 0 atom stereocenters. The van der Waals surface area contributed by atoms with E-state index < -0.39 is 29.4 Å². The average Bonchev–Trinajstić information content (AvgIpc) is 2.97. The van der Waals surface area contributed by atoms with E-state index in [0.29, 0.717) is 5.69 Å². The lowest BCUT2D eigenvalue weighted by Crippen LogP contribution is -2.42. The lowest BCUT2D eigenvalue weighted by molar-refractivity contribution is -0.137. The van der Waals surface area contributed by atoms with Gasteiger partial charge in [0, 0.05) is 13.1 Å². The summed E-state index contributed by atoms with van der Waals surface area (Å²) in [6.07, 6.45) is -0.524. The highest BCUT2D eigenvalue weighted by molar-refractivity contribution is 6.40. The molecule has 0 spiro atoms. The third kappa shape index (κ3) is 4.47. The summed E-state index contributed by atoms with van der Waals surface area (Å²) in [5, 5.41) is 0. The van der Waals surface area contributed by atoms with Crippen LogP contribution in [-0.4, -0.2) is 59.1 Å². The first-order chi connectivity index (χ1) is 12.6. The predicted molar refractivity (Wildman–Crippen MR) is 93.4 cm³/mol. The SMILES string of the molecule is CCOC(=O)C(=O)c1cc(C(=O)OC)c2n1CCN(C(=O)OC(C)(C)C)C2. The van der Waals surface area contributed by atoms with Crippen LogP contribution in [0.1, 0.15) is 54.2 Å². The molecule has 0 unspecified atom stereocenters. The number of methoxy groups -OCH3 is 1. The number of nitrogens with zero attached hydrogens (tertiary/aromatic N) is 2. The Balaban J connectivity index is 2.38. The Kier molecular flexibility index (Phi) is 5.92. The van der Waals surface area contributed by atoms with Gasteiger partial charge in [-0.25, -0.2) is 14.4 Å². The van der Waals surface area contributed by atoms with Gasteiger partial charge in [0.1, 0.15) is 5.60 Å². The number of rotatable bonds is 4. The molecule has 1 aromatic heterocycles. The second-order valence-electron chi connectivity index (χ2n) is 6.98. The first-order valence-electron chi connectivity index (χ1n) is 8.59. The molecular formula is C18H24N2O7. The summed E-state index contributed by atoms with van der Waals surface area (Å²) >= 11 is 0. The van der Waals surface area contributed by atoms with E-state index in [1.807, 2.05) is 0 Å². The van der Waals surface area contributed by atoms with Gasteiger partial charge in [0.2, 0.25) is 0 Å². The van der Waals surface area contributed by atoms with Gasteiger partial charge in [-0.2, -0.15) is 0 Å². The van der Waals surface area contributed by atoms with Crippen molar-refractivity contribution in [3.8, 4) is 0 Å². The van der Waals surface area contributed by atoms with Crippen molar-refractivity contribution in [2.24, 2.45) is 0 Å². The average molecular weight is 380 g/mol. The Morgan fingerprint density at radius 1 is 1.15 bits per heavy atom. The van der Waals surface area contributed by atoms with Gasteiger partial charge in [0.05, 0.1) is 37.2 Å². The van der Waals surface area contributed by atoms with Crippen LogP contribution >= 0.6 is 0 Å². The largest absolute Gasteiger partial charge is 0.465 e. The van der Waals surface area contributed by atoms with E-state index in [2.05, 4.69) is 0 Å². The molecule has 9 heteroatoms. The molecule has 2 rings (SSSR count). The van der Waals surface area contributed by atoms with Gasteiger partial charge in [-0.05, 0) is 33.8 Å². The minimum Gasteiger partial charge on any atom is -0.465 e. The maximum absolute atomic E-state index is 12.4. The van der Waals surface area contributed by atoms with Crippen molar-refractivity contribution < 1.29 is 33.4 Å². The third-order valence-corrected chi connectivity index (χ3v) is 3.89. The molecule has 1 aliphatic rings. The normalized spacial score (nSPS) is 13.6. The van der Waals surface area contributed by atoms with Crippen LogP contribution in [0.3, 0.4) is 0 Å². The van der Waals surface area contributed by atoms with Crippen LogP contribution in [0, 0.1) is 0 Å². The fourth-order valence-corrected chi connectivity index (χ4v) is 2.75. The number of aromatic nitrogens is 1. The second-order valence-corrected chi connectivity index (χ2v) is 6.98. The lowest BCUT2D eigenvalue weighted by atomic mass is 10.2. The van der Waals surface area contributed by atoms with Crippen LogP contribution in [0.15, 0.2) is 6.07 Å². The number of fused-ring (bicyclic) bond motifs is 1. The van der Waals surface area contributed by atoms with Crippen molar-refractivity contribution in [1.82, 2.24) is 9.47 Å². The maximum atomic E-state index is 12.4. The van der Waals surface area contributed by atoms with Gasteiger partial charge < -0.3 is 23.7 Å². The quantitative estimate of drug-likeness (QED) is 0.339. The molecule has 0 radical (unpaired) electrons. The number of Topliss-reactive ketones (excluding diaryl/α,β-unsaturated/α-hetero) is 1. The van der Waals surface area contributed by atoms with E-state index in [1.54, 1.807) is 32.3 Å². The van der Waals surface area contributed by atoms with Crippen LogP contribution < -0.4 is 0 Å². The highest BCUT2D eigenvalue weighted by Crippen LogP contribution is 2.25. The number of ketones is 1. The standard InChI is InChI=1S/C18H24N2O7/c1-6-26-16(23)14(21)12-9-11(15(22)25-5)13-10-19(7-8-20(12)13)17(24)27-18(2,3)4/h9H,6-8,10H2,1-5H3. The summed E-state index contributed by atoms with van der Waals surface area (Å²) in [5.74, 6) is -2.50. The van der Waals surface area contributed by atoms with E-state index in [9.17, 15) is 19.2 Å². The molecule has 0 aromatic carbocycles. The Hall–Kier alpha value is -2.84. The Morgan fingerprint density at radius 3 is 2.37 bits per heavy atom. The molecule has 0 N–H and O–H groups in total. The molecule has 1 amide bonds. The summed E-state index contributed by atoms with van der Waals surface area (Å²) in [4.78, 5) is 50.1. The van der Waals surface area contributed by atoms with Gasteiger partial charge in [-0.3, -0.25) is 4.79 Å². The fraction of sp³-hybridized carbons (Fsp3) is 0.556. The predicted octanol–water partition coefficient (Wildman–Crippen LogP) is 1.77. The first-order valence-corrected chi connectivity index (χ1v) is 8.59. The van der Waals surface area contributed by atoms with Crippen LogP contribution in [-0.2, 0) is 32.1 Å². The summed E-state index contributed by atoms with van der Waals surface area (Å²) in [5.41, 5.74) is -0.0927. The molecule has 0 aliphatic carbocycles. The zero-order valence-corrected chi connectivity index (χ0v) is 16.2. The number of carbonyl (C=O) groups excluding carboxylic acids is 4. The Morgan fingerprint density at radius 2 is 1.81 bits per heavy atom. The lowest BCUT2D eigenvalue weighted by Gasteiger charge is -2.31. The molecule has 1 aliphatic heterocycles. The van der Waals surface area contributed by atoms with E-state index in [1.165, 1.54) is 18.1 Å². The topological polar surface area (TPSA) is 104 Å². The molecule has 0 bridgehead atoms. The van der Waals surface area contributed by atoms with Gasteiger partial charge >= 0.3 is 18.0 Å². The molecule has 27 heavy (non-hydrogen) atoms. The number of hydrogen-bond donors (Lipinski definition) is 0. The summed E-state index contributed by atoms with van der Waals surface area (Å²) in [6, 6.07) is 1.30. The third-order valence-electron chi connectivity index (χ3n) is 3.89. The smallest absolute Gasteiger partial charge is 0.410 e. The summed E-state index contributed by atoms with van der Waals surface area (Å²) in [7, 11) is 1.22. The molecule has 1 aromatic rings. The van der Waals surface area contributed by atoms with Crippen molar-refractivity contribution in [2.45, 2.75) is 46.4 Å². The fourth-order valence-electron chi connectivity index (χ4n) is 2.75. The molecule has 148 valence electrons. The minimum atomic E-state index is -0.996. The molecule has 0 saturated carbocycles. The monoisotopic (exact) mass is 380 g/mol. The van der Waals surface area contributed by atoms with Crippen LogP contribution in [0.4, 0.5) is 4.79 Å². The van der Waals surface area contributed by atoms with Gasteiger partial charge in [0.15, 0.2) is 0 Å². The van der Waals surface area contributed by atoms with E-state index in [4.69, 9.17) is 14.2 Å². The highest BCUT2D eigenvalue weighted by atomic mass is 16.6. The van der Waals surface area contributed by atoms with Crippen LogP contribution in [0.25, 0.3) is 0 Å². The van der Waals surface area contributed by atoms with E-state index in [-0.39, 0.29) is 37.5 Å². The van der Waals surface area contributed by atoms with Crippen molar-refractivity contribution in [3.05, 3.63) is 23.0 Å². The number of hydrogen-bond acceptors (Lipinski definition) is 7. The van der Waals surface area contributed by atoms with Gasteiger partial charge in [0.25, 0.3) is 5.78 Å². The van der Waals surface area contributed by atoms with Crippen molar-refractivity contribution >= 4 is 23.8 Å². The van der Waals surface area contributed by atoms with Crippen molar-refractivity contribution in [2.75, 3.05) is 20.3 Å². The van der Waals surface area contributed by atoms with Gasteiger partial charge in [-0.1, -0.05) is 0 Å². The van der Waals surface area contributed by atoms with E-state index >= 15 is 0 Å². The Labute approximate surface area is 157 Å². The van der Waals surface area contributed by atoms with Crippen LogP contribution in [0.5, 0.6) is 0 Å². The number of esters is 2. The first kappa shape index (κ1) is 20.5. The zero-order valence-electron chi connectivity index (χ0n) is 16.2. The van der Waals surface area contributed by atoms with Crippen LogP contribution in [0.2, 0.25) is 0 Å². The highest BCUT2D eigenvalue weighted by Gasteiger charge is 2.34. The minimum absolute atomic E-state index is 0.0349. The number of amides is 1. The molecule has 9 nitrogen and oxygen atoms in total. The molecule has 0 fully saturated rings. The van der Waals surface area contributed by atoms with E-state index in [0.717, 1.165) is 0 Å². The van der Waals surface area contributed by atoms with Crippen molar-refractivity contribution in [1.29, 1.82) is 0 Å². The number of ether oxygens (including phenoxy) is 3. The maximum Gasteiger partial charge on any atom is 0.410 e. The summed E-state index contributed by atoms with van der Waals surface area (Å²) < 4.78 is 16.4.